The van der Waals surface area contributed by atoms with Gasteiger partial charge in [0.05, 0.1) is 24.0 Å². The predicted molar refractivity (Wildman–Crippen MR) is 88.6 cm³/mol. The quantitative estimate of drug-likeness (QED) is 0.0998. The van der Waals surface area contributed by atoms with Crippen LogP contribution in [0.5, 0.6) is 0 Å². The topological polar surface area (TPSA) is 112 Å². The minimum Gasteiger partial charge on any atom is -1.00 e. The van der Waals surface area contributed by atoms with Gasteiger partial charge in [0, 0.05) is 8.22 Å². The number of nitrogens with one attached hydrogen (secondary N) is 1. The zero-order valence-electron chi connectivity index (χ0n) is 19.7. The molecule has 0 rings (SSSR count). The Kier molecular flexibility index (Phi) is 102. The summed E-state index contributed by atoms with van der Waals surface area (Å²) in [6, 6.07) is 3.59. The first-order chi connectivity index (χ1) is 10.4. The maximum atomic E-state index is 8.64. The van der Waals surface area contributed by atoms with Crippen molar-refractivity contribution < 1.29 is 127 Å². The van der Waals surface area contributed by atoms with Crippen molar-refractivity contribution in [2.75, 3.05) is 39.9 Å². The number of carbonyl (C=O) groups is 1. The molecule has 0 bridgehead atoms. The number of nitrogens with zero attached hydrogens (tertiary/aromatic N) is 3. The monoisotopic (exact) mass is 502 g/mol. The van der Waals surface area contributed by atoms with Crippen molar-refractivity contribution in [1.29, 1.82) is 10.5 Å². The van der Waals surface area contributed by atoms with Crippen LogP contribution in [0.3, 0.4) is 0 Å². The molecule has 0 amide bonds. The Labute approximate surface area is 255 Å². The molecule has 0 aromatic carbocycles. The van der Waals surface area contributed by atoms with E-state index in [0.717, 1.165) is 4.90 Å². The van der Waals surface area contributed by atoms with Crippen LogP contribution in [-0.4, -0.2) is 51.3 Å². The summed E-state index contributed by atoms with van der Waals surface area (Å²) in [5.41, 5.74) is 0. The summed E-state index contributed by atoms with van der Waals surface area (Å²) in [6.45, 7) is -4.33. The Hall–Kier alpha value is 2.95. The van der Waals surface area contributed by atoms with Crippen LogP contribution in [-0.2, 0) is 9.68 Å². The van der Waals surface area contributed by atoms with Gasteiger partial charge in [-0.1, -0.05) is 15.9 Å². The molecule has 0 heterocycles. The molecule has 0 aliphatic heterocycles. The van der Waals surface area contributed by atoms with Crippen molar-refractivity contribution in [3.05, 3.63) is 0 Å². The molecule has 7 nitrogen and oxygen atoms in total. The molecule has 0 spiro atoms. The van der Waals surface area contributed by atoms with Crippen LogP contribution in [0.4, 0.5) is 0 Å². The second-order valence-electron chi connectivity index (χ2n) is 1.75. The third-order valence-corrected chi connectivity index (χ3v) is 0.658. The zero-order valence-corrected chi connectivity index (χ0v) is 22.9. The van der Waals surface area contributed by atoms with Gasteiger partial charge >= 0.3 is 103 Å². The molecule has 1 N–H and O–H groups in total. The van der Waals surface area contributed by atoms with Gasteiger partial charge in [-0.05, 0) is 28.0 Å². The third kappa shape index (κ3) is 175. The molecule has 22 heavy (non-hydrogen) atoms. The molecule has 13 heteroatoms. The van der Waals surface area contributed by atoms with E-state index >= 15 is 0 Å². The van der Waals surface area contributed by atoms with E-state index < -0.39 is 14.0 Å². The number of carbonyl (C=O) groups excluding carboxylic acids is 1. The van der Waals surface area contributed by atoms with Crippen molar-refractivity contribution in [3.8, 4) is 12.1 Å². The number of nitriles is 2. The fourth-order valence-electron chi connectivity index (χ4n) is 0.106. The minimum atomic E-state index is -2.13. The van der Waals surface area contributed by atoms with E-state index in [0.29, 0.717) is 5.33 Å². The fourth-order valence-corrected chi connectivity index (χ4v) is 0.106. The molecule has 0 aliphatic rings. The molecule has 0 aliphatic carbocycles. The second-order valence-corrected chi connectivity index (χ2v) is 2.31. The predicted octanol–water partition coefficient (Wildman–Crippen LogP) is -5.37. The van der Waals surface area contributed by atoms with Crippen LogP contribution in [0, 0.1) is 22.7 Å². The molecule has 0 atom stereocenters. The van der Waals surface area contributed by atoms with E-state index in [1.165, 1.54) is 14.1 Å². The van der Waals surface area contributed by atoms with Gasteiger partial charge in [-0.2, -0.15) is 10.5 Å². The average molecular weight is 505 g/mol. The van der Waals surface area contributed by atoms with Crippen molar-refractivity contribution in [2.45, 2.75) is 0 Å². The summed E-state index contributed by atoms with van der Waals surface area (Å²) in [7, 11) is 2.78. The first-order valence-corrected chi connectivity index (χ1v) is 4.92. The van der Waals surface area contributed by atoms with Crippen molar-refractivity contribution >= 4 is 59.6 Å². The van der Waals surface area contributed by atoms with Crippen LogP contribution in [0.25, 0.3) is 0 Å². The third-order valence-electron chi connectivity index (χ3n) is 0.407. The van der Waals surface area contributed by atoms with E-state index in [9.17, 15) is 0 Å². The largest absolute Gasteiger partial charge is 1.00 e. The molecule has 0 aromatic rings. The maximum absolute atomic E-state index is 8.64. The van der Waals surface area contributed by atoms with Crippen LogP contribution >= 0.6 is 53.2 Å². The normalized spacial score (nSPS) is 10.1. The van der Waals surface area contributed by atoms with Crippen molar-refractivity contribution in [2.24, 2.45) is 0 Å². The Morgan fingerprint density at radius 3 is 1.77 bits per heavy atom. The smallest absolute Gasteiger partial charge is 1.00 e. The summed E-state index contributed by atoms with van der Waals surface area (Å²) >= 11 is 2.89. The van der Waals surface area contributed by atoms with E-state index in [1.807, 2.05) is 6.07 Å². The first-order valence-electron chi connectivity index (χ1n) is 6.80. The molecule has 126 valence electrons. The van der Waals surface area contributed by atoms with E-state index in [4.69, 9.17) is 28.8 Å². The van der Waals surface area contributed by atoms with Crippen molar-refractivity contribution in [1.82, 2.24) is 10.2 Å². The number of alkyl halides is 1. The summed E-state index contributed by atoms with van der Waals surface area (Å²) in [5.74, 6) is 0. The van der Waals surface area contributed by atoms with Crippen LogP contribution in [0.1, 0.15) is 9.65 Å². The van der Waals surface area contributed by atoms with Gasteiger partial charge in [0.15, 0.2) is 0 Å². The fraction of sp³-hybridized carbons (Fsp3) is 0.667. The molecule has 0 saturated heterocycles. The van der Waals surface area contributed by atoms with Crippen LogP contribution < -0.4 is 113 Å². The SMILES string of the molecule is Cl.Cl.Cl.N#CCBr.O=CO[O-].[2H]C([2H])([2H])N(C)CC#N.[2H]C([2H])([2H])NC.[H-].[K+].[K+]. The number of rotatable bonds is 2. The van der Waals surface area contributed by atoms with Gasteiger partial charge in [-0.15, -0.1) is 37.2 Å². The molecule has 0 unspecified atom stereocenters. The average Bonchev–Trinajstić information content (AvgIpc) is 2.47. The number of hydrogen-bond donors (Lipinski definition) is 1. The van der Waals surface area contributed by atoms with E-state index in [1.54, 1.807) is 6.07 Å². The Morgan fingerprint density at radius 1 is 1.41 bits per heavy atom. The number of hydrogen-bond acceptors (Lipinski definition) is 7. The molecular weight excluding hydrogens is 477 g/mol. The summed E-state index contributed by atoms with van der Waals surface area (Å²) in [6.07, 6.45) is 0. The Bertz CT molecular complexity index is 379. The molecule has 0 aromatic heterocycles. The summed E-state index contributed by atoms with van der Waals surface area (Å²) in [5, 5.41) is 26.6. The first kappa shape index (κ1) is 29.7. The summed E-state index contributed by atoms with van der Waals surface area (Å²) < 4.78 is 39.5. The van der Waals surface area contributed by atoms with Gasteiger partial charge in [-0.25, -0.2) is 0 Å². The molecule has 0 radical (unpaired) electrons. The van der Waals surface area contributed by atoms with Gasteiger partial charge in [-0.3, -0.25) is 9.69 Å². The maximum Gasteiger partial charge on any atom is 1.00 e. The van der Waals surface area contributed by atoms with Crippen molar-refractivity contribution in [3.63, 3.8) is 0 Å². The summed E-state index contributed by atoms with van der Waals surface area (Å²) in [4.78, 5) is 12.3. The standard InChI is InChI=1S/C4H8N2.C2H2BrN.C2H7N.CH2O3.3ClH.2K.H/c1-6(2)4-3-5;3-1-2-4;1-3-2;2-1-4-3;;;;;;/h4H2,1-2H3;1H2;3H,1-2H3;1,3H;3*1H;;;/q;;;;;;;2*+1;-1/p-1/i1D3;;1D3;;;;;;;. The van der Waals surface area contributed by atoms with E-state index in [-0.39, 0.29) is 154 Å². The Balaban J connectivity index is -0.0000000204. The van der Waals surface area contributed by atoms with Gasteiger partial charge in [0.2, 0.25) is 0 Å². The molecule has 0 saturated carbocycles. The van der Waals surface area contributed by atoms with Gasteiger partial charge in [0.25, 0.3) is 6.47 Å². The molecule has 0 fully saturated rings. The zero-order chi connectivity index (χ0) is 19.5. The van der Waals surface area contributed by atoms with Gasteiger partial charge in [0.1, 0.15) is 0 Å². The van der Waals surface area contributed by atoms with Crippen LogP contribution in [0.2, 0.25) is 0 Å². The number of halogens is 4. The van der Waals surface area contributed by atoms with Gasteiger partial charge < -0.3 is 16.9 Å². The second kappa shape index (κ2) is 75.2. The molecular formula is C9H22BrCl3K2N4O3. The van der Waals surface area contributed by atoms with E-state index in [2.05, 4.69) is 26.1 Å². The Morgan fingerprint density at radius 2 is 1.73 bits per heavy atom. The minimum absolute atomic E-state index is 0. The van der Waals surface area contributed by atoms with Crippen LogP contribution in [0.15, 0.2) is 0 Å².